The highest BCUT2D eigenvalue weighted by molar-refractivity contribution is 6.06. The molecule has 132 valence electrons. The number of hydrogen-bond acceptors (Lipinski definition) is 6. The van der Waals surface area contributed by atoms with E-state index in [0.717, 1.165) is 6.54 Å². The number of H-pyrrole nitrogens is 1. The SMILES string of the molecule is COc1ccc(O)c2c(=O)c3c(NCCN(C)C)ccc(N)c3[nH]c12. The summed E-state index contributed by atoms with van der Waals surface area (Å²) in [5.74, 6) is 0.373. The van der Waals surface area contributed by atoms with Crippen LogP contribution in [0.1, 0.15) is 0 Å². The van der Waals surface area contributed by atoms with E-state index in [4.69, 9.17) is 10.5 Å². The lowest BCUT2D eigenvalue weighted by Crippen LogP contribution is -2.21. The zero-order chi connectivity index (χ0) is 18.1. The van der Waals surface area contributed by atoms with Crippen molar-refractivity contribution < 1.29 is 9.84 Å². The van der Waals surface area contributed by atoms with E-state index in [1.54, 1.807) is 18.2 Å². The van der Waals surface area contributed by atoms with E-state index in [9.17, 15) is 9.90 Å². The Morgan fingerprint density at radius 2 is 1.96 bits per heavy atom. The molecule has 7 nitrogen and oxygen atoms in total. The minimum Gasteiger partial charge on any atom is -0.507 e. The molecule has 1 aromatic heterocycles. The number of methoxy groups -OCH3 is 1. The van der Waals surface area contributed by atoms with Crippen LogP contribution in [-0.2, 0) is 0 Å². The Hall–Kier alpha value is -2.93. The Morgan fingerprint density at radius 3 is 2.64 bits per heavy atom. The van der Waals surface area contributed by atoms with Crippen molar-refractivity contribution in [2.24, 2.45) is 0 Å². The van der Waals surface area contributed by atoms with Gasteiger partial charge in [0.05, 0.1) is 34.6 Å². The summed E-state index contributed by atoms with van der Waals surface area (Å²) in [6.45, 7) is 1.49. The lowest BCUT2D eigenvalue weighted by molar-refractivity contribution is 0.417. The molecule has 25 heavy (non-hydrogen) atoms. The Kier molecular flexibility index (Phi) is 4.41. The van der Waals surface area contributed by atoms with Gasteiger partial charge >= 0.3 is 0 Å². The standard InChI is InChI=1S/C18H22N4O3/c1-22(2)9-8-20-11-5-4-10(19)16-14(11)18(24)15-12(23)6-7-13(25-3)17(15)21-16/h4-7,20,23H,8-9,19H2,1-3H3,(H,21,24). The van der Waals surface area contributed by atoms with Gasteiger partial charge in [-0.15, -0.1) is 0 Å². The maximum absolute atomic E-state index is 13.1. The van der Waals surface area contributed by atoms with Gasteiger partial charge < -0.3 is 30.8 Å². The molecule has 0 unspecified atom stereocenters. The van der Waals surface area contributed by atoms with Crippen molar-refractivity contribution in [2.75, 3.05) is 45.3 Å². The predicted octanol–water partition coefficient (Wildman–Crippen LogP) is 1.95. The van der Waals surface area contributed by atoms with Gasteiger partial charge in [-0.25, -0.2) is 0 Å². The van der Waals surface area contributed by atoms with Crippen LogP contribution in [0.3, 0.4) is 0 Å². The number of anilines is 2. The summed E-state index contributed by atoms with van der Waals surface area (Å²) in [7, 11) is 5.47. The third-order valence-electron chi connectivity index (χ3n) is 4.18. The van der Waals surface area contributed by atoms with Gasteiger partial charge in [0.1, 0.15) is 11.5 Å². The summed E-state index contributed by atoms with van der Waals surface area (Å²) >= 11 is 0. The van der Waals surface area contributed by atoms with Crippen LogP contribution in [0.4, 0.5) is 11.4 Å². The summed E-state index contributed by atoms with van der Waals surface area (Å²) in [5, 5.41) is 14.1. The molecule has 0 bridgehead atoms. The van der Waals surface area contributed by atoms with Crippen molar-refractivity contribution >= 4 is 33.2 Å². The second kappa shape index (κ2) is 6.52. The number of nitrogens with zero attached hydrogens (tertiary/aromatic N) is 1. The molecule has 0 aliphatic carbocycles. The molecule has 7 heteroatoms. The van der Waals surface area contributed by atoms with Crippen molar-refractivity contribution in [1.29, 1.82) is 0 Å². The average Bonchev–Trinajstić information content (AvgIpc) is 2.57. The molecule has 0 aliphatic heterocycles. The van der Waals surface area contributed by atoms with Crippen LogP contribution in [0.15, 0.2) is 29.1 Å². The fourth-order valence-electron chi connectivity index (χ4n) is 2.90. The number of rotatable bonds is 5. The largest absolute Gasteiger partial charge is 0.507 e. The van der Waals surface area contributed by atoms with Crippen LogP contribution >= 0.6 is 0 Å². The second-order valence-electron chi connectivity index (χ2n) is 6.17. The van der Waals surface area contributed by atoms with Crippen LogP contribution in [-0.4, -0.2) is 49.3 Å². The van der Waals surface area contributed by atoms with E-state index in [1.165, 1.54) is 13.2 Å². The predicted molar refractivity (Wildman–Crippen MR) is 102 cm³/mol. The fourth-order valence-corrected chi connectivity index (χ4v) is 2.90. The van der Waals surface area contributed by atoms with E-state index in [2.05, 4.69) is 10.3 Å². The Balaban J connectivity index is 2.30. The number of aromatic amines is 1. The Labute approximate surface area is 145 Å². The summed E-state index contributed by atoms with van der Waals surface area (Å²) < 4.78 is 5.30. The summed E-state index contributed by atoms with van der Waals surface area (Å²) in [6.07, 6.45) is 0. The quantitative estimate of drug-likeness (QED) is 0.417. The number of phenolic OH excluding ortho intramolecular Hbond substituents is 1. The first-order valence-corrected chi connectivity index (χ1v) is 7.96. The first kappa shape index (κ1) is 16.9. The number of nitrogen functional groups attached to an aromatic ring is 1. The first-order chi connectivity index (χ1) is 11.9. The smallest absolute Gasteiger partial charge is 0.203 e. The molecule has 0 atom stereocenters. The van der Waals surface area contributed by atoms with Crippen molar-refractivity contribution in [1.82, 2.24) is 9.88 Å². The number of likely N-dealkylation sites (N-methyl/N-ethyl adjacent to an activating group) is 1. The van der Waals surface area contributed by atoms with Crippen LogP contribution in [0.2, 0.25) is 0 Å². The number of phenols is 1. The molecule has 0 saturated carbocycles. The number of hydrogen-bond donors (Lipinski definition) is 4. The Bertz CT molecular complexity index is 995. The molecule has 0 fully saturated rings. The molecule has 5 N–H and O–H groups in total. The molecule has 0 saturated heterocycles. The maximum atomic E-state index is 13.1. The molecule has 2 aromatic carbocycles. The van der Waals surface area contributed by atoms with Crippen LogP contribution in [0.25, 0.3) is 21.8 Å². The van der Waals surface area contributed by atoms with Gasteiger partial charge in [-0.2, -0.15) is 0 Å². The number of fused-ring (bicyclic) bond motifs is 2. The fraction of sp³-hybridized carbons (Fsp3) is 0.278. The highest BCUT2D eigenvalue weighted by Crippen LogP contribution is 2.33. The normalized spacial score (nSPS) is 11.4. The number of nitrogens with one attached hydrogen (secondary N) is 2. The van der Waals surface area contributed by atoms with Crippen molar-refractivity contribution in [3.05, 3.63) is 34.5 Å². The zero-order valence-electron chi connectivity index (χ0n) is 14.5. The van der Waals surface area contributed by atoms with Crippen molar-refractivity contribution in [3.63, 3.8) is 0 Å². The second-order valence-corrected chi connectivity index (χ2v) is 6.17. The molecule has 3 aromatic rings. The van der Waals surface area contributed by atoms with E-state index in [0.29, 0.717) is 40.1 Å². The van der Waals surface area contributed by atoms with Gasteiger partial charge in [0.2, 0.25) is 5.43 Å². The van der Waals surface area contributed by atoms with Crippen LogP contribution < -0.4 is 21.2 Å². The van der Waals surface area contributed by atoms with Gasteiger partial charge in [-0.05, 0) is 38.4 Å². The van der Waals surface area contributed by atoms with E-state index in [-0.39, 0.29) is 16.6 Å². The lowest BCUT2D eigenvalue weighted by atomic mass is 10.1. The summed E-state index contributed by atoms with van der Waals surface area (Å²) in [4.78, 5) is 18.3. The minimum absolute atomic E-state index is 0.0967. The molecule has 0 aliphatic rings. The van der Waals surface area contributed by atoms with Crippen LogP contribution in [0.5, 0.6) is 11.5 Å². The molecule has 0 spiro atoms. The van der Waals surface area contributed by atoms with Gasteiger partial charge in [0, 0.05) is 18.8 Å². The molecule has 3 rings (SSSR count). The number of aromatic hydroxyl groups is 1. The molecule has 0 amide bonds. The molecule has 1 heterocycles. The van der Waals surface area contributed by atoms with E-state index in [1.807, 2.05) is 19.0 Å². The van der Waals surface area contributed by atoms with Gasteiger partial charge in [-0.1, -0.05) is 0 Å². The number of nitrogens with two attached hydrogens (primary N) is 1. The highest BCUT2D eigenvalue weighted by Gasteiger charge is 2.17. The monoisotopic (exact) mass is 342 g/mol. The highest BCUT2D eigenvalue weighted by atomic mass is 16.5. The van der Waals surface area contributed by atoms with E-state index < -0.39 is 0 Å². The first-order valence-electron chi connectivity index (χ1n) is 7.96. The third kappa shape index (κ3) is 2.94. The Morgan fingerprint density at radius 1 is 1.20 bits per heavy atom. The van der Waals surface area contributed by atoms with Crippen molar-refractivity contribution in [2.45, 2.75) is 0 Å². The number of benzene rings is 2. The van der Waals surface area contributed by atoms with Gasteiger partial charge in [0.15, 0.2) is 0 Å². The number of pyridine rings is 1. The molecular formula is C18H22N4O3. The van der Waals surface area contributed by atoms with Crippen LogP contribution in [0, 0.1) is 0 Å². The maximum Gasteiger partial charge on any atom is 0.203 e. The summed E-state index contributed by atoms with van der Waals surface area (Å²) in [6, 6.07) is 6.59. The number of aromatic nitrogens is 1. The van der Waals surface area contributed by atoms with Gasteiger partial charge in [0.25, 0.3) is 0 Å². The minimum atomic E-state index is -0.292. The lowest BCUT2D eigenvalue weighted by Gasteiger charge is -2.15. The summed E-state index contributed by atoms with van der Waals surface area (Å²) in [5.41, 5.74) is 7.88. The molecular weight excluding hydrogens is 320 g/mol. The molecule has 0 radical (unpaired) electrons. The van der Waals surface area contributed by atoms with Crippen molar-refractivity contribution in [3.8, 4) is 11.5 Å². The van der Waals surface area contributed by atoms with E-state index >= 15 is 0 Å². The zero-order valence-corrected chi connectivity index (χ0v) is 14.5. The number of ether oxygens (including phenoxy) is 1. The third-order valence-corrected chi connectivity index (χ3v) is 4.18. The average molecular weight is 342 g/mol. The van der Waals surface area contributed by atoms with Gasteiger partial charge in [-0.3, -0.25) is 4.79 Å². The topological polar surface area (TPSA) is 104 Å².